The second-order valence-corrected chi connectivity index (χ2v) is 5.21. The molecule has 0 saturated heterocycles. The lowest BCUT2D eigenvalue weighted by Crippen LogP contribution is -1.83. The van der Waals surface area contributed by atoms with Crippen molar-refractivity contribution in [2.75, 3.05) is 0 Å². The van der Waals surface area contributed by atoms with Crippen LogP contribution in [-0.2, 0) is 0 Å². The van der Waals surface area contributed by atoms with Crippen molar-refractivity contribution in [2.45, 2.75) is 0 Å². The summed E-state index contributed by atoms with van der Waals surface area (Å²) in [6, 6.07) is 26.4. The summed E-state index contributed by atoms with van der Waals surface area (Å²) in [7, 11) is 0. The topological polar surface area (TPSA) is 20.2 Å². The van der Waals surface area contributed by atoms with E-state index in [1.54, 1.807) is 0 Å². The number of hydrogen-bond donors (Lipinski definition) is 1. The Hall–Kier alpha value is -2.80. The first-order valence-corrected chi connectivity index (χ1v) is 7.03. The van der Waals surface area contributed by atoms with Crippen LogP contribution in [0.2, 0.25) is 0 Å². The van der Waals surface area contributed by atoms with E-state index in [0.717, 1.165) is 21.9 Å². The zero-order chi connectivity index (χ0) is 14.2. The van der Waals surface area contributed by atoms with E-state index in [4.69, 9.17) is 0 Å². The number of phenols is 1. The Morgan fingerprint density at radius 1 is 0.524 bits per heavy atom. The Morgan fingerprint density at radius 3 is 2.10 bits per heavy atom. The van der Waals surface area contributed by atoms with Crippen LogP contribution in [0.3, 0.4) is 0 Å². The van der Waals surface area contributed by atoms with E-state index >= 15 is 0 Å². The molecule has 0 saturated carbocycles. The van der Waals surface area contributed by atoms with Crippen molar-refractivity contribution in [1.82, 2.24) is 0 Å². The van der Waals surface area contributed by atoms with Gasteiger partial charge < -0.3 is 5.11 Å². The average Bonchev–Trinajstić information content (AvgIpc) is 2.56. The molecule has 21 heavy (non-hydrogen) atoms. The largest absolute Gasteiger partial charge is 0.507 e. The molecule has 0 fully saturated rings. The van der Waals surface area contributed by atoms with E-state index in [0.29, 0.717) is 5.75 Å². The number of benzene rings is 4. The van der Waals surface area contributed by atoms with Crippen LogP contribution in [0.5, 0.6) is 5.75 Å². The van der Waals surface area contributed by atoms with Crippen LogP contribution >= 0.6 is 0 Å². The van der Waals surface area contributed by atoms with Crippen molar-refractivity contribution in [2.24, 2.45) is 0 Å². The molecule has 1 N–H and O–H groups in total. The molecule has 0 radical (unpaired) electrons. The zero-order valence-corrected chi connectivity index (χ0v) is 11.5. The third-order valence-corrected chi connectivity index (χ3v) is 3.98. The highest BCUT2D eigenvalue weighted by Gasteiger charge is 2.09. The maximum absolute atomic E-state index is 10.7. The molecule has 0 amide bonds. The summed E-state index contributed by atoms with van der Waals surface area (Å²) in [5.41, 5.74) is 1.91. The first-order chi connectivity index (χ1) is 10.3. The van der Waals surface area contributed by atoms with Gasteiger partial charge in [0.15, 0.2) is 0 Å². The fourth-order valence-electron chi connectivity index (χ4n) is 2.92. The van der Waals surface area contributed by atoms with E-state index < -0.39 is 0 Å². The van der Waals surface area contributed by atoms with Gasteiger partial charge in [0.1, 0.15) is 5.75 Å². The molecule has 0 aliphatic heterocycles. The van der Waals surface area contributed by atoms with E-state index in [1.807, 2.05) is 54.6 Å². The molecule has 0 aliphatic rings. The maximum atomic E-state index is 10.7. The van der Waals surface area contributed by atoms with Gasteiger partial charge in [-0.2, -0.15) is 0 Å². The van der Waals surface area contributed by atoms with Crippen LogP contribution in [-0.4, -0.2) is 5.11 Å². The predicted molar refractivity (Wildman–Crippen MR) is 88.6 cm³/mol. The Morgan fingerprint density at radius 2 is 1.24 bits per heavy atom. The van der Waals surface area contributed by atoms with Crippen molar-refractivity contribution in [3.63, 3.8) is 0 Å². The Kier molecular flexibility index (Phi) is 2.65. The average molecular weight is 270 g/mol. The predicted octanol–water partition coefficient (Wildman–Crippen LogP) is 5.37. The normalized spacial score (nSPS) is 11.0. The van der Waals surface area contributed by atoms with Gasteiger partial charge in [0.2, 0.25) is 0 Å². The first-order valence-electron chi connectivity index (χ1n) is 7.03. The standard InChI is InChI=1S/C20H14O/c21-20-17(14-6-2-1-3-7-14)12-13-18-16-9-5-4-8-15(16)10-11-19(18)20/h1-13,21H. The van der Waals surface area contributed by atoms with Crippen molar-refractivity contribution in [3.05, 3.63) is 78.9 Å². The fourth-order valence-corrected chi connectivity index (χ4v) is 2.92. The van der Waals surface area contributed by atoms with E-state index in [2.05, 4.69) is 24.3 Å². The highest BCUT2D eigenvalue weighted by Crippen LogP contribution is 2.38. The van der Waals surface area contributed by atoms with Gasteiger partial charge in [0.25, 0.3) is 0 Å². The monoisotopic (exact) mass is 270 g/mol. The van der Waals surface area contributed by atoms with Crippen LogP contribution in [0, 0.1) is 0 Å². The van der Waals surface area contributed by atoms with E-state index in [1.165, 1.54) is 10.8 Å². The molecule has 0 atom stereocenters. The van der Waals surface area contributed by atoms with Crippen LogP contribution in [0.4, 0.5) is 0 Å². The fraction of sp³-hybridized carbons (Fsp3) is 0. The van der Waals surface area contributed by atoms with Crippen molar-refractivity contribution in [1.29, 1.82) is 0 Å². The molecule has 0 aliphatic carbocycles. The summed E-state index contributed by atoms with van der Waals surface area (Å²) in [6.45, 7) is 0. The minimum Gasteiger partial charge on any atom is -0.507 e. The molecule has 0 bridgehead atoms. The highest BCUT2D eigenvalue weighted by atomic mass is 16.3. The summed E-state index contributed by atoms with van der Waals surface area (Å²) in [4.78, 5) is 0. The summed E-state index contributed by atoms with van der Waals surface area (Å²) in [5.74, 6) is 0.351. The minimum absolute atomic E-state index is 0.351. The van der Waals surface area contributed by atoms with Gasteiger partial charge in [-0.3, -0.25) is 0 Å². The third kappa shape index (κ3) is 1.86. The molecule has 4 aromatic carbocycles. The van der Waals surface area contributed by atoms with Crippen molar-refractivity contribution < 1.29 is 5.11 Å². The highest BCUT2D eigenvalue weighted by molar-refractivity contribution is 6.11. The van der Waals surface area contributed by atoms with Crippen LogP contribution in [0.25, 0.3) is 32.7 Å². The molecular formula is C20H14O. The van der Waals surface area contributed by atoms with Gasteiger partial charge in [-0.1, -0.05) is 78.9 Å². The molecule has 1 heteroatoms. The molecule has 4 rings (SSSR count). The quantitative estimate of drug-likeness (QED) is 0.461. The molecule has 0 spiro atoms. The second-order valence-electron chi connectivity index (χ2n) is 5.21. The Labute approximate surface area is 123 Å². The molecule has 100 valence electrons. The number of fused-ring (bicyclic) bond motifs is 3. The lowest BCUT2D eigenvalue weighted by atomic mass is 9.96. The number of aromatic hydroxyl groups is 1. The van der Waals surface area contributed by atoms with E-state index in [-0.39, 0.29) is 0 Å². The Bertz CT molecular complexity index is 940. The minimum atomic E-state index is 0.351. The second kappa shape index (κ2) is 4.64. The van der Waals surface area contributed by atoms with Gasteiger partial charge in [0.05, 0.1) is 0 Å². The number of rotatable bonds is 1. The summed E-state index contributed by atoms with van der Waals surface area (Å²) < 4.78 is 0. The Balaban J connectivity index is 2.06. The molecule has 0 heterocycles. The lowest BCUT2D eigenvalue weighted by molar-refractivity contribution is 0.483. The molecule has 1 nitrogen and oxygen atoms in total. The van der Waals surface area contributed by atoms with Crippen molar-refractivity contribution in [3.8, 4) is 16.9 Å². The first kappa shape index (κ1) is 12.0. The summed E-state index contributed by atoms with van der Waals surface area (Å²) in [5, 5.41) is 15.0. The summed E-state index contributed by atoms with van der Waals surface area (Å²) >= 11 is 0. The van der Waals surface area contributed by atoms with Gasteiger partial charge in [-0.05, 0) is 21.7 Å². The van der Waals surface area contributed by atoms with E-state index in [9.17, 15) is 5.11 Å². The molecule has 0 aromatic heterocycles. The molecule has 4 aromatic rings. The zero-order valence-electron chi connectivity index (χ0n) is 11.5. The third-order valence-electron chi connectivity index (χ3n) is 3.98. The van der Waals surface area contributed by atoms with Crippen LogP contribution in [0.1, 0.15) is 0 Å². The van der Waals surface area contributed by atoms with Gasteiger partial charge in [0, 0.05) is 10.9 Å². The smallest absolute Gasteiger partial charge is 0.131 e. The SMILES string of the molecule is Oc1c(-c2ccccc2)ccc2c1ccc1ccccc12. The van der Waals surface area contributed by atoms with Crippen molar-refractivity contribution >= 4 is 21.5 Å². The number of phenolic OH excluding ortho intramolecular Hbond substituents is 1. The van der Waals surface area contributed by atoms with Crippen LogP contribution < -0.4 is 0 Å². The molecular weight excluding hydrogens is 256 g/mol. The summed E-state index contributed by atoms with van der Waals surface area (Å²) in [6.07, 6.45) is 0. The lowest BCUT2D eigenvalue weighted by Gasteiger charge is -2.10. The maximum Gasteiger partial charge on any atom is 0.131 e. The van der Waals surface area contributed by atoms with Gasteiger partial charge in [-0.25, -0.2) is 0 Å². The van der Waals surface area contributed by atoms with Crippen LogP contribution in [0.15, 0.2) is 78.9 Å². The van der Waals surface area contributed by atoms with Gasteiger partial charge in [-0.15, -0.1) is 0 Å². The number of hydrogen-bond acceptors (Lipinski definition) is 1. The molecule has 0 unspecified atom stereocenters. The van der Waals surface area contributed by atoms with Gasteiger partial charge >= 0.3 is 0 Å².